The van der Waals surface area contributed by atoms with E-state index in [-0.39, 0.29) is 23.1 Å². The summed E-state index contributed by atoms with van der Waals surface area (Å²) in [5, 5.41) is 7.35. The van der Waals surface area contributed by atoms with Crippen LogP contribution in [-0.2, 0) is 9.59 Å². The highest BCUT2D eigenvalue weighted by atomic mass is 32.1. The van der Waals surface area contributed by atoms with Crippen molar-refractivity contribution in [2.75, 3.05) is 10.6 Å². The smallest absolute Gasteiger partial charge is 0.381 e. The van der Waals surface area contributed by atoms with E-state index in [0.717, 1.165) is 11.3 Å². The number of hydrogen-bond acceptors (Lipinski definition) is 6. The molecular formula is C14H12FN3O3S2. The van der Waals surface area contributed by atoms with E-state index < -0.39 is 17.6 Å². The van der Waals surface area contributed by atoms with Crippen LogP contribution in [-0.4, -0.2) is 21.8 Å². The summed E-state index contributed by atoms with van der Waals surface area (Å²) in [6, 6.07) is 6.07. The summed E-state index contributed by atoms with van der Waals surface area (Å²) in [6.45, 7) is 1.56. The van der Waals surface area contributed by atoms with Gasteiger partial charge in [0.2, 0.25) is 11.7 Å². The number of benzene rings is 1. The van der Waals surface area contributed by atoms with Crippen molar-refractivity contribution < 1.29 is 18.7 Å². The molecular weight excluding hydrogens is 341 g/mol. The maximum Gasteiger partial charge on any atom is 0.381 e. The predicted molar refractivity (Wildman–Crippen MR) is 89.3 cm³/mol. The lowest BCUT2D eigenvalue weighted by atomic mass is 10.3. The van der Waals surface area contributed by atoms with Crippen molar-refractivity contribution >= 4 is 51.2 Å². The molecule has 23 heavy (non-hydrogen) atoms. The Morgan fingerprint density at radius 3 is 2.78 bits per heavy atom. The first-order valence-corrected chi connectivity index (χ1v) is 7.81. The maximum atomic E-state index is 13.5. The summed E-state index contributed by atoms with van der Waals surface area (Å²) in [5.41, 5.74) is 0.224. The summed E-state index contributed by atoms with van der Waals surface area (Å²) >= 11 is 6.17. The second kappa shape index (κ2) is 7.75. The van der Waals surface area contributed by atoms with Gasteiger partial charge in [-0.05, 0) is 24.4 Å². The molecule has 0 fully saturated rings. The average molecular weight is 353 g/mol. The van der Waals surface area contributed by atoms with Crippen molar-refractivity contribution in [3.05, 3.63) is 35.5 Å². The standard InChI is InChI=1S/C14H12FN3O3S2/c1-2-10(19)12(20)21-11-7-23-14(17-11)18-13(22)16-9-6-4-3-5-8(9)15/h3-7H,2H2,1H3,(H2,16,17,18,22). The van der Waals surface area contributed by atoms with Crippen molar-refractivity contribution in [3.63, 3.8) is 0 Å². The van der Waals surface area contributed by atoms with Gasteiger partial charge in [0.15, 0.2) is 10.2 Å². The Hall–Kier alpha value is -2.39. The van der Waals surface area contributed by atoms with Gasteiger partial charge < -0.3 is 15.4 Å². The number of anilines is 2. The van der Waals surface area contributed by atoms with Crippen LogP contribution in [0.3, 0.4) is 0 Å². The van der Waals surface area contributed by atoms with Crippen molar-refractivity contribution in [3.8, 4) is 5.88 Å². The Kier molecular flexibility index (Phi) is 5.72. The number of Topliss-reactive ketones (excluding diaryl/α,β-unsaturated/α-hetero) is 1. The van der Waals surface area contributed by atoms with Crippen molar-refractivity contribution in [1.29, 1.82) is 0 Å². The average Bonchev–Trinajstić information content (AvgIpc) is 2.95. The molecule has 0 saturated carbocycles. The molecule has 0 unspecified atom stereocenters. The minimum Gasteiger partial charge on any atom is -0.401 e. The van der Waals surface area contributed by atoms with Gasteiger partial charge in [-0.15, -0.1) is 11.3 Å². The first-order chi connectivity index (χ1) is 11.0. The molecule has 1 aromatic carbocycles. The molecule has 0 radical (unpaired) electrons. The predicted octanol–water partition coefficient (Wildman–Crippen LogP) is 2.98. The molecule has 0 aliphatic heterocycles. The first kappa shape index (κ1) is 17.0. The molecule has 9 heteroatoms. The third kappa shape index (κ3) is 4.80. The Morgan fingerprint density at radius 2 is 2.09 bits per heavy atom. The highest BCUT2D eigenvalue weighted by molar-refractivity contribution is 7.80. The van der Waals surface area contributed by atoms with E-state index in [9.17, 15) is 14.0 Å². The molecule has 6 nitrogen and oxygen atoms in total. The quantitative estimate of drug-likeness (QED) is 0.486. The zero-order valence-corrected chi connectivity index (χ0v) is 13.6. The molecule has 1 aromatic heterocycles. The third-order valence-corrected chi connectivity index (χ3v) is 3.51. The second-order valence-corrected chi connectivity index (χ2v) is 5.48. The van der Waals surface area contributed by atoms with Crippen LogP contribution in [0.5, 0.6) is 5.88 Å². The number of thiazole rings is 1. The highest BCUT2D eigenvalue weighted by Crippen LogP contribution is 2.22. The summed E-state index contributed by atoms with van der Waals surface area (Å²) < 4.78 is 18.3. The molecule has 0 bridgehead atoms. The number of nitrogens with one attached hydrogen (secondary N) is 2. The van der Waals surface area contributed by atoms with E-state index in [2.05, 4.69) is 15.6 Å². The van der Waals surface area contributed by atoms with E-state index in [1.165, 1.54) is 17.5 Å². The highest BCUT2D eigenvalue weighted by Gasteiger charge is 2.16. The van der Waals surface area contributed by atoms with Gasteiger partial charge in [-0.2, -0.15) is 4.98 Å². The zero-order chi connectivity index (χ0) is 16.8. The van der Waals surface area contributed by atoms with E-state index in [1.807, 2.05) is 0 Å². The third-order valence-electron chi connectivity index (χ3n) is 2.57. The number of carbonyl (C=O) groups excluding carboxylic acids is 2. The summed E-state index contributed by atoms with van der Waals surface area (Å²) in [5.74, 6) is -2.04. The lowest BCUT2D eigenvalue weighted by Crippen LogP contribution is -2.20. The van der Waals surface area contributed by atoms with Gasteiger partial charge >= 0.3 is 5.97 Å². The Morgan fingerprint density at radius 1 is 1.35 bits per heavy atom. The topological polar surface area (TPSA) is 80.3 Å². The number of aromatic nitrogens is 1. The number of halogens is 1. The zero-order valence-electron chi connectivity index (χ0n) is 12.0. The van der Waals surface area contributed by atoms with Crippen molar-refractivity contribution in [2.45, 2.75) is 13.3 Å². The van der Waals surface area contributed by atoms with Gasteiger partial charge in [0.25, 0.3) is 0 Å². The molecule has 0 saturated heterocycles. The first-order valence-electron chi connectivity index (χ1n) is 6.52. The Labute approximate surface area is 140 Å². The summed E-state index contributed by atoms with van der Waals surface area (Å²) in [4.78, 5) is 26.5. The van der Waals surface area contributed by atoms with E-state index in [1.54, 1.807) is 19.1 Å². The number of ether oxygens (including phenoxy) is 1. The van der Waals surface area contributed by atoms with Crippen LogP contribution in [0.25, 0.3) is 0 Å². The van der Waals surface area contributed by atoms with Crippen molar-refractivity contribution in [1.82, 2.24) is 4.98 Å². The number of nitrogens with zero attached hydrogens (tertiary/aromatic N) is 1. The molecule has 0 aliphatic carbocycles. The summed E-state index contributed by atoms with van der Waals surface area (Å²) in [6.07, 6.45) is 0.0602. The van der Waals surface area contributed by atoms with Crippen LogP contribution in [0.15, 0.2) is 29.6 Å². The molecule has 2 rings (SSSR count). The molecule has 0 atom stereocenters. The molecule has 120 valence electrons. The number of para-hydroxylation sites is 1. The van der Waals surface area contributed by atoms with Crippen LogP contribution in [0, 0.1) is 5.82 Å². The molecule has 2 N–H and O–H groups in total. The minimum atomic E-state index is -0.962. The lowest BCUT2D eigenvalue weighted by Gasteiger charge is -2.08. The van der Waals surface area contributed by atoms with Gasteiger partial charge in [0.1, 0.15) is 5.82 Å². The monoisotopic (exact) mass is 353 g/mol. The number of esters is 1. The van der Waals surface area contributed by atoms with Crippen LogP contribution < -0.4 is 15.4 Å². The number of rotatable bonds is 5. The molecule has 0 aliphatic rings. The van der Waals surface area contributed by atoms with Crippen LogP contribution >= 0.6 is 23.6 Å². The van der Waals surface area contributed by atoms with Gasteiger partial charge in [-0.1, -0.05) is 19.1 Å². The van der Waals surface area contributed by atoms with Gasteiger partial charge in [0.05, 0.1) is 11.1 Å². The van der Waals surface area contributed by atoms with Crippen LogP contribution in [0.4, 0.5) is 15.2 Å². The number of ketones is 1. The van der Waals surface area contributed by atoms with Crippen molar-refractivity contribution in [2.24, 2.45) is 0 Å². The Bertz CT molecular complexity index is 748. The van der Waals surface area contributed by atoms with E-state index in [4.69, 9.17) is 17.0 Å². The fourth-order valence-electron chi connectivity index (χ4n) is 1.47. The second-order valence-electron chi connectivity index (χ2n) is 4.22. The summed E-state index contributed by atoms with van der Waals surface area (Å²) in [7, 11) is 0. The number of thiocarbonyl (C=S) groups is 1. The fourth-order valence-corrected chi connectivity index (χ4v) is 2.36. The SMILES string of the molecule is CCC(=O)C(=O)Oc1csc(NC(=S)Nc2ccccc2F)n1. The largest absolute Gasteiger partial charge is 0.401 e. The van der Waals surface area contributed by atoms with E-state index in [0.29, 0.717) is 5.13 Å². The number of carbonyl (C=O) groups is 2. The van der Waals surface area contributed by atoms with Crippen LogP contribution in [0.2, 0.25) is 0 Å². The van der Waals surface area contributed by atoms with E-state index >= 15 is 0 Å². The Balaban J connectivity index is 1.94. The molecule has 2 aromatic rings. The van der Waals surface area contributed by atoms with Crippen LogP contribution in [0.1, 0.15) is 13.3 Å². The molecule has 0 amide bonds. The van der Waals surface area contributed by atoms with Gasteiger partial charge in [-0.25, -0.2) is 9.18 Å². The number of hydrogen-bond donors (Lipinski definition) is 2. The maximum absolute atomic E-state index is 13.5. The normalized spacial score (nSPS) is 10.0. The van der Waals surface area contributed by atoms with Gasteiger partial charge in [-0.3, -0.25) is 4.79 Å². The molecule has 0 spiro atoms. The fraction of sp³-hybridized carbons (Fsp3) is 0.143. The molecule has 1 heterocycles. The lowest BCUT2D eigenvalue weighted by molar-refractivity contribution is -0.147. The minimum absolute atomic E-state index is 0.00186. The van der Waals surface area contributed by atoms with Gasteiger partial charge in [0, 0.05) is 6.42 Å².